The van der Waals surface area contributed by atoms with E-state index in [4.69, 9.17) is 14.7 Å². The van der Waals surface area contributed by atoms with Gasteiger partial charge in [0, 0.05) is 42.9 Å². The molecule has 5 N–H and O–H groups in total. The van der Waals surface area contributed by atoms with E-state index in [2.05, 4.69) is 23.5 Å². The number of aliphatic hydroxyl groups is 2. The Balaban J connectivity index is 1.32. The summed E-state index contributed by atoms with van der Waals surface area (Å²) in [7, 11) is 0. The molecule has 10 heteroatoms. The molecule has 2 amide bonds. The molecule has 0 radical (unpaired) electrons. The maximum absolute atomic E-state index is 12.3. The highest BCUT2D eigenvalue weighted by atomic mass is 32.2. The quantitative estimate of drug-likeness (QED) is 0.0736. The molecule has 45 heavy (non-hydrogen) atoms. The van der Waals surface area contributed by atoms with Crippen molar-refractivity contribution in [3.63, 3.8) is 0 Å². The molecule has 0 bridgehead atoms. The molecule has 0 aliphatic carbocycles. The summed E-state index contributed by atoms with van der Waals surface area (Å²) in [5.74, 6) is 1.04. The van der Waals surface area contributed by atoms with Crippen LogP contribution in [0.25, 0.3) is 11.1 Å². The molecule has 1 aliphatic heterocycles. The summed E-state index contributed by atoms with van der Waals surface area (Å²) < 4.78 is 12.8. The van der Waals surface area contributed by atoms with Gasteiger partial charge in [-0.3, -0.25) is 14.8 Å². The molecule has 4 rings (SSSR count). The van der Waals surface area contributed by atoms with E-state index in [1.807, 2.05) is 54.6 Å². The fourth-order valence-electron chi connectivity index (χ4n) is 5.27. The van der Waals surface area contributed by atoms with Gasteiger partial charge in [-0.1, -0.05) is 79.6 Å². The number of rotatable bonds is 17. The molecular weight excluding hydrogens is 592 g/mol. The predicted molar refractivity (Wildman–Crippen MR) is 174 cm³/mol. The van der Waals surface area contributed by atoms with Crippen molar-refractivity contribution in [2.24, 2.45) is 0 Å². The second-order valence-electron chi connectivity index (χ2n) is 11.2. The first-order chi connectivity index (χ1) is 22.0. The number of carbonyl (C=O) groups excluding carboxylic acids is 2. The molecule has 0 spiro atoms. The van der Waals surface area contributed by atoms with Gasteiger partial charge in [-0.2, -0.15) is 11.8 Å². The maximum Gasteiger partial charge on any atom is 0.243 e. The SMILES string of the molecule is O=C(CCCCCCC(=O)NCc1cccc(-c2ccc(C3OC(CSCCO)CC(c4ccc(CO)cc4)O3)cc2)c1)NO. The lowest BCUT2D eigenvalue weighted by atomic mass is 9.99. The number of carbonyl (C=O) groups is 2. The Morgan fingerprint density at radius 3 is 2.20 bits per heavy atom. The van der Waals surface area contributed by atoms with E-state index in [0.29, 0.717) is 31.6 Å². The Morgan fingerprint density at radius 2 is 1.51 bits per heavy atom. The minimum atomic E-state index is -0.531. The van der Waals surface area contributed by atoms with Gasteiger partial charge in [0.05, 0.1) is 25.4 Å². The highest BCUT2D eigenvalue weighted by Crippen LogP contribution is 2.39. The third kappa shape index (κ3) is 11.2. The Bertz CT molecular complexity index is 1340. The van der Waals surface area contributed by atoms with Crippen LogP contribution in [-0.4, -0.2) is 51.5 Å². The minimum Gasteiger partial charge on any atom is -0.396 e. The molecular formula is C35H44N2O7S. The van der Waals surface area contributed by atoms with Crippen LogP contribution in [-0.2, 0) is 32.2 Å². The number of aliphatic hydroxyl groups excluding tert-OH is 2. The van der Waals surface area contributed by atoms with Crippen molar-refractivity contribution in [1.82, 2.24) is 10.8 Å². The standard InChI is InChI=1S/C35H44N2O7S/c38-18-19-45-24-31-21-32(28-12-10-25(23-39)11-13-28)44-35(43-31)29-16-14-27(15-17-29)30-7-5-6-26(20-30)22-36-33(40)8-3-1-2-4-9-34(41)37-42/h5-7,10-17,20,31-32,35,38-39,42H,1-4,8-9,18-19,21-24H2,(H,36,40)(H,37,41). The fraction of sp³-hybridized carbons (Fsp3) is 0.429. The van der Waals surface area contributed by atoms with Crippen LogP contribution in [0.2, 0.25) is 0 Å². The van der Waals surface area contributed by atoms with Crippen LogP contribution in [0.4, 0.5) is 0 Å². The number of hydrogen-bond acceptors (Lipinski definition) is 8. The largest absolute Gasteiger partial charge is 0.396 e. The molecule has 3 unspecified atom stereocenters. The van der Waals surface area contributed by atoms with E-state index < -0.39 is 6.29 Å². The van der Waals surface area contributed by atoms with Crippen molar-refractivity contribution in [3.8, 4) is 11.1 Å². The van der Waals surface area contributed by atoms with E-state index in [-0.39, 0.29) is 43.7 Å². The molecule has 0 saturated carbocycles. The van der Waals surface area contributed by atoms with Gasteiger partial charge in [0.1, 0.15) is 0 Å². The predicted octanol–water partition coefficient (Wildman–Crippen LogP) is 5.58. The van der Waals surface area contributed by atoms with Gasteiger partial charge in [0.2, 0.25) is 11.8 Å². The maximum atomic E-state index is 12.3. The van der Waals surface area contributed by atoms with Crippen molar-refractivity contribution in [3.05, 3.63) is 95.1 Å². The first kappa shape index (κ1) is 34.6. The third-order valence-electron chi connectivity index (χ3n) is 7.77. The molecule has 9 nitrogen and oxygen atoms in total. The summed E-state index contributed by atoms with van der Waals surface area (Å²) in [6.07, 6.45) is 3.86. The summed E-state index contributed by atoms with van der Waals surface area (Å²) in [5, 5.41) is 30.2. The number of benzene rings is 3. The monoisotopic (exact) mass is 636 g/mol. The Morgan fingerprint density at radius 1 is 0.800 bits per heavy atom. The van der Waals surface area contributed by atoms with Gasteiger partial charge < -0.3 is 25.0 Å². The van der Waals surface area contributed by atoms with Crippen LogP contribution in [0.1, 0.15) is 79.6 Å². The number of unbranched alkanes of at least 4 members (excludes halogenated alkanes) is 3. The number of hydroxylamine groups is 1. The van der Waals surface area contributed by atoms with Gasteiger partial charge in [0.25, 0.3) is 0 Å². The average molecular weight is 637 g/mol. The second kappa shape index (κ2) is 18.7. The number of thioether (sulfide) groups is 1. The number of ether oxygens (including phenoxy) is 2. The molecule has 3 atom stereocenters. The zero-order valence-corrected chi connectivity index (χ0v) is 26.3. The van der Waals surface area contributed by atoms with E-state index in [1.165, 1.54) is 0 Å². The Kier molecular flexibility index (Phi) is 14.4. The smallest absolute Gasteiger partial charge is 0.243 e. The summed E-state index contributed by atoms with van der Waals surface area (Å²) in [4.78, 5) is 23.4. The molecule has 1 saturated heterocycles. The van der Waals surface area contributed by atoms with Crippen molar-refractivity contribution in [2.45, 2.75) is 76.6 Å². The fourth-order valence-corrected chi connectivity index (χ4v) is 6.04. The van der Waals surface area contributed by atoms with Crippen molar-refractivity contribution < 1.29 is 34.5 Å². The van der Waals surface area contributed by atoms with Gasteiger partial charge in [-0.05, 0) is 46.7 Å². The van der Waals surface area contributed by atoms with Gasteiger partial charge >= 0.3 is 0 Å². The van der Waals surface area contributed by atoms with Crippen LogP contribution in [0.15, 0.2) is 72.8 Å². The number of amides is 2. The van der Waals surface area contributed by atoms with Crippen LogP contribution < -0.4 is 10.8 Å². The van der Waals surface area contributed by atoms with Crippen molar-refractivity contribution >= 4 is 23.6 Å². The molecule has 1 heterocycles. The normalized spacial score (nSPS) is 18.0. The number of hydrogen-bond donors (Lipinski definition) is 5. The number of nitrogens with one attached hydrogen (secondary N) is 2. The van der Waals surface area contributed by atoms with Crippen LogP contribution in [0.3, 0.4) is 0 Å². The van der Waals surface area contributed by atoms with Crippen molar-refractivity contribution in [1.29, 1.82) is 0 Å². The Labute approximate surface area is 269 Å². The summed E-state index contributed by atoms with van der Waals surface area (Å²) in [6.45, 7) is 0.579. The summed E-state index contributed by atoms with van der Waals surface area (Å²) >= 11 is 1.67. The first-order valence-electron chi connectivity index (χ1n) is 15.6. The first-order valence-corrected chi connectivity index (χ1v) is 16.7. The lowest BCUT2D eigenvalue weighted by Crippen LogP contribution is -2.31. The molecule has 0 aromatic heterocycles. The summed E-state index contributed by atoms with van der Waals surface area (Å²) in [5.41, 5.74) is 7.56. The average Bonchev–Trinajstić information content (AvgIpc) is 3.09. The molecule has 3 aromatic rings. The van der Waals surface area contributed by atoms with Crippen LogP contribution in [0, 0.1) is 0 Å². The minimum absolute atomic E-state index is 0.000323. The summed E-state index contributed by atoms with van der Waals surface area (Å²) in [6, 6.07) is 24.1. The van der Waals surface area contributed by atoms with Gasteiger partial charge in [0.15, 0.2) is 6.29 Å². The van der Waals surface area contributed by atoms with E-state index >= 15 is 0 Å². The molecule has 1 aliphatic rings. The molecule has 242 valence electrons. The third-order valence-corrected chi connectivity index (χ3v) is 8.85. The zero-order valence-electron chi connectivity index (χ0n) is 25.5. The van der Waals surface area contributed by atoms with Crippen molar-refractivity contribution in [2.75, 3.05) is 18.1 Å². The lowest BCUT2D eigenvalue weighted by molar-refractivity contribution is -0.245. The second-order valence-corrected chi connectivity index (χ2v) is 12.3. The van der Waals surface area contributed by atoms with E-state index in [0.717, 1.165) is 58.4 Å². The lowest BCUT2D eigenvalue weighted by Gasteiger charge is -2.36. The molecule has 3 aromatic carbocycles. The van der Waals surface area contributed by atoms with E-state index in [1.54, 1.807) is 17.2 Å². The van der Waals surface area contributed by atoms with Crippen LogP contribution in [0.5, 0.6) is 0 Å². The zero-order chi connectivity index (χ0) is 31.9. The molecule has 1 fully saturated rings. The highest BCUT2D eigenvalue weighted by Gasteiger charge is 2.32. The van der Waals surface area contributed by atoms with Gasteiger partial charge in [-0.25, -0.2) is 5.48 Å². The Hall–Kier alpha value is -3.25. The van der Waals surface area contributed by atoms with Crippen LogP contribution >= 0.6 is 11.8 Å². The van der Waals surface area contributed by atoms with E-state index in [9.17, 15) is 19.8 Å². The topological polar surface area (TPSA) is 137 Å². The highest BCUT2D eigenvalue weighted by molar-refractivity contribution is 7.99. The van der Waals surface area contributed by atoms with Gasteiger partial charge in [-0.15, -0.1) is 0 Å².